The van der Waals surface area contributed by atoms with Crippen molar-refractivity contribution >= 4 is 33.5 Å². The molecule has 0 heterocycles. The quantitative estimate of drug-likeness (QED) is 0.871. The molecule has 0 aliphatic rings. The second-order valence-corrected chi connectivity index (χ2v) is 4.32. The molecule has 1 aromatic carbocycles. The first kappa shape index (κ1) is 12.5. The summed E-state index contributed by atoms with van der Waals surface area (Å²) in [6.45, 7) is 0. The molecule has 0 aliphatic heterocycles. The molecule has 3 nitrogen and oxygen atoms in total. The largest absolute Gasteiger partial charge is 0.469 e. The third-order valence-electron chi connectivity index (χ3n) is 1.99. The predicted molar refractivity (Wildman–Crippen MR) is 62.7 cm³/mol. The maximum Gasteiger partial charge on any atom is 0.307 e. The highest BCUT2D eigenvalue weighted by atomic mass is 79.9. The van der Waals surface area contributed by atoms with Gasteiger partial charge in [0.05, 0.1) is 18.6 Å². The molecule has 0 spiro atoms. The lowest BCUT2D eigenvalue weighted by atomic mass is 10.1. The van der Waals surface area contributed by atoms with Crippen molar-refractivity contribution < 1.29 is 9.53 Å². The summed E-state index contributed by atoms with van der Waals surface area (Å²) in [4.78, 5) is 11.0. The highest BCUT2D eigenvalue weighted by molar-refractivity contribution is 9.10. The molecular weight excluding hydrogens is 281 g/mol. The van der Waals surface area contributed by atoms with Gasteiger partial charge in [-0.1, -0.05) is 17.7 Å². The third kappa shape index (κ3) is 3.48. The number of ether oxygens (including phenoxy) is 1. The van der Waals surface area contributed by atoms with Gasteiger partial charge in [0.1, 0.15) is 0 Å². The van der Waals surface area contributed by atoms with Crippen molar-refractivity contribution in [2.45, 2.75) is 12.5 Å². The third-order valence-corrected chi connectivity index (χ3v) is 3.20. The number of methoxy groups -OCH3 is 1. The molecule has 0 saturated carbocycles. The fourth-order valence-electron chi connectivity index (χ4n) is 1.12. The summed E-state index contributed by atoms with van der Waals surface area (Å²) in [5.41, 5.74) is 6.67. The van der Waals surface area contributed by atoms with Crippen LogP contribution in [0.1, 0.15) is 18.0 Å². The van der Waals surface area contributed by atoms with Crippen LogP contribution >= 0.6 is 27.5 Å². The Morgan fingerprint density at radius 1 is 1.67 bits per heavy atom. The summed E-state index contributed by atoms with van der Waals surface area (Å²) in [5.74, 6) is -0.325. The molecule has 1 aromatic rings. The van der Waals surface area contributed by atoms with Crippen LogP contribution in [0.2, 0.25) is 5.02 Å². The Balaban J connectivity index is 2.78. The molecule has 0 bridgehead atoms. The zero-order chi connectivity index (χ0) is 11.4. The van der Waals surface area contributed by atoms with E-state index in [1.807, 2.05) is 0 Å². The molecule has 0 aromatic heterocycles. The Morgan fingerprint density at radius 3 is 2.87 bits per heavy atom. The molecule has 1 rings (SSSR count). The van der Waals surface area contributed by atoms with E-state index in [-0.39, 0.29) is 18.4 Å². The first-order chi connectivity index (χ1) is 7.04. The SMILES string of the molecule is COC(=O)C[C@@H](N)c1ccc(Cl)c(Br)c1. The number of nitrogens with two attached hydrogens (primary N) is 1. The van der Waals surface area contributed by atoms with Gasteiger partial charge < -0.3 is 10.5 Å². The number of benzene rings is 1. The second kappa shape index (κ2) is 5.49. The van der Waals surface area contributed by atoms with Crippen LogP contribution in [0.4, 0.5) is 0 Å². The van der Waals surface area contributed by atoms with Gasteiger partial charge in [-0.25, -0.2) is 0 Å². The molecule has 15 heavy (non-hydrogen) atoms. The summed E-state index contributed by atoms with van der Waals surface area (Å²) in [6, 6.07) is 4.96. The molecule has 0 saturated heterocycles. The van der Waals surface area contributed by atoms with Crippen molar-refractivity contribution in [3.63, 3.8) is 0 Å². The number of hydrogen-bond donors (Lipinski definition) is 1. The van der Waals surface area contributed by atoms with Gasteiger partial charge in [-0.3, -0.25) is 4.79 Å². The van der Waals surface area contributed by atoms with E-state index in [4.69, 9.17) is 17.3 Å². The number of halogens is 2. The Hall–Kier alpha value is -0.580. The highest BCUT2D eigenvalue weighted by Crippen LogP contribution is 2.26. The summed E-state index contributed by atoms with van der Waals surface area (Å²) in [7, 11) is 1.34. The van der Waals surface area contributed by atoms with Crippen LogP contribution in [-0.4, -0.2) is 13.1 Å². The van der Waals surface area contributed by atoms with Crippen LogP contribution in [0.5, 0.6) is 0 Å². The van der Waals surface area contributed by atoms with Gasteiger partial charge >= 0.3 is 5.97 Å². The summed E-state index contributed by atoms with van der Waals surface area (Å²) >= 11 is 9.13. The Kier molecular flexibility index (Phi) is 4.57. The Morgan fingerprint density at radius 2 is 2.33 bits per heavy atom. The molecule has 0 amide bonds. The molecule has 1 atom stereocenters. The van der Waals surface area contributed by atoms with Crippen LogP contribution in [0.15, 0.2) is 22.7 Å². The smallest absolute Gasteiger partial charge is 0.307 e. The number of carbonyl (C=O) groups excluding carboxylic acids is 1. The first-order valence-electron chi connectivity index (χ1n) is 4.32. The maximum atomic E-state index is 11.0. The Bertz CT molecular complexity index is 370. The summed E-state index contributed by atoms with van der Waals surface area (Å²) < 4.78 is 5.31. The predicted octanol–water partition coefficient (Wildman–Crippen LogP) is 2.67. The van der Waals surface area contributed by atoms with Crippen LogP contribution in [-0.2, 0) is 9.53 Å². The minimum absolute atomic E-state index is 0.157. The fourth-order valence-corrected chi connectivity index (χ4v) is 1.64. The van der Waals surface area contributed by atoms with E-state index < -0.39 is 0 Å². The van der Waals surface area contributed by atoms with Gasteiger partial charge in [-0.2, -0.15) is 0 Å². The van der Waals surface area contributed by atoms with Crippen LogP contribution in [0.3, 0.4) is 0 Å². The molecule has 82 valence electrons. The lowest BCUT2D eigenvalue weighted by Gasteiger charge is -2.11. The van der Waals surface area contributed by atoms with Crippen LogP contribution in [0, 0.1) is 0 Å². The lowest BCUT2D eigenvalue weighted by molar-refractivity contribution is -0.141. The normalized spacial score (nSPS) is 12.3. The molecule has 0 aliphatic carbocycles. The average Bonchev–Trinajstić information content (AvgIpc) is 2.21. The van der Waals surface area contributed by atoms with Crippen molar-refractivity contribution in [2.24, 2.45) is 5.73 Å². The van der Waals surface area contributed by atoms with Gasteiger partial charge in [0, 0.05) is 10.5 Å². The monoisotopic (exact) mass is 291 g/mol. The minimum Gasteiger partial charge on any atom is -0.469 e. The van der Waals surface area contributed by atoms with Gasteiger partial charge in [-0.05, 0) is 33.6 Å². The lowest BCUT2D eigenvalue weighted by Crippen LogP contribution is -2.16. The van der Waals surface area contributed by atoms with E-state index >= 15 is 0 Å². The van der Waals surface area contributed by atoms with Crippen molar-refractivity contribution in [2.75, 3.05) is 7.11 Å². The average molecular weight is 293 g/mol. The van der Waals surface area contributed by atoms with Crippen molar-refractivity contribution in [3.05, 3.63) is 33.3 Å². The first-order valence-corrected chi connectivity index (χ1v) is 5.49. The van der Waals surface area contributed by atoms with E-state index in [0.29, 0.717) is 5.02 Å². The van der Waals surface area contributed by atoms with Crippen LogP contribution < -0.4 is 5.73 Å². The van der Waals surface area contributed by atoms with Gasteiger partial charge in [-0.15, -0.1) is 0 Å². The fraction of sp³-hybridized carbons (Fsp3) is 0.300. The Labute approximate surface area is 102 Å². The van der Waals surface area contributed by atoms with E-state index in [1.165, 1.54) is 7.11 Å². The molecule has 0 unspecified atom stereocenters. The highest BCUT2D eigenvalue weighted by Gasteiger charge is 2.12. The zero-order valence-electron chi connectivity index (χ0n) is 8.17. The maximum absolute atomic E-state index is 11.0. The van der Waals surface area contributed by atoms with Crippen LogP contribution in [0.25, 0.3) is 0 Å². The number of rotatable bonds is 3. The van der Waals surface area contributed by atoms with Crippen molar-refractivity contribution in [1.82, 2.24) is 0 Å². The van der Waals surface area contributed by atoms with E-state index in [2.05, 4.69) is 20.7 Å². The van der Waals surface area contributed by atoms with E-state index in [0.717, 1.165) is 10.0 Å². The van der Waals surface area contributed by atoms with Crippen molar-refractivity contribution in [1.29, 1.82) is 0 Å². The molecule has 0 fully saturated rings. The zero-order valence-corrected chi connectivity index (χ0v) is 10.5. The van der Waals surface area contributed by atoms with Gasteiger partial charge in [0.25, 0.3) is 0 Å². The standard InChI is InChI=1S/C10H11BrClNO2/c1-15-10(14)5-9(13)6-2-3-8(12)7(11)4-6/h2-4,9H,5,13H2,1H3/t9-/m1/s1. The molecule has 0 radical (unpaired) electrons. The second-order valence-electron chi connectivity index (χ2n) is 3.06. The number of esters is 1. The summed E-state index contributed by atoms with van der Waals surface area (Å²) in [5, 5.41) is 0.615. The topological polar surface area (TPSA) is 52.3 Å². The van der Waals surface area contributed by atoms with E-state index in [1.54, 1.807) is 18.2 Å². The molecule has 5 heteroatoms. The molecule has 2 N–H and O–H groups in total. The molecular formula is C10H11BrClNO2. The van der Waals surface area contributed by atoms with Crippen molar-refractivity contribution in [3.8, 4) is 0 Å². The minimum atomic E-state index is -0.369. The van der Waals surface area contributed by atoms with Gasteiger partial charge in [0.15, 0.2) is 0 Å². The number of hydrogen-bond acceptors (Lipinski definition) is 3. The van der Waals surface area contributed by atoms with E-state index in [9.17, 15) is 4.79 Å². The van der Waals surface area contributed by atoms with Gasteiger partial charge in [0.2, 0.25) is 0 Å². The summed E-state index contributed by atoms with van der Waals surface area (Å²) in [6.07, 6.45) is 0.157. The number of carbonyl (C=O) groups is 1.